The van der Waals surface area contributed by atoms with Gasteiger partial charge in [0, 0.05) is 23.6 Å². The number of anilines is 2. The van der Waals surface area contributed by atoms with E-state index in [9.17, 15) is 77.0 Å². The highest BCUT2D eigenvalue weighted by atomic mass is 19.4. The molecule has 0 radical (unpaired) electrons. The van der Waals surface area contributed by atoms with Gasteiger partial charge in [-0.2, -0.15) is 52.7 Å². The maximum absolute atomic E-state index is 14.4. The number of rotatable bonds is 5. The molecule has 3 aromatic carbocycles. The molecule has 4 aliphatic rings. The van der Waals surface area contributed by atoms with Gasteiger partial charge in [-0.3, -0.25) is 19.2 Å². The Labute approximate surface area is 323 Å². The fourth-order valence-electron chi connectivity index (χ4n) is 8.74. The third-order valence-corrected chi connectivity index (χ3v) is 11.2. The van der Waals surface area contributed by atoms with Crippen LogP contribution in [0.15, 0.2) is 60.2 Å². The summed E-state index contributed by atoms with van der Waals surface area (Å²) < 4.78 is 177. The quantitative estimate of drug-likeness (QED) is 0.156. The maximum atomic E-state index is 14.4. The molecule has 6 unspecified atom stereocenters. The highest BCUT2D eigenvalue weighted by Crippen LogP contribution is 2.61. The van der Waals surface area contributed by atoms with Crippen molar-refractivity contribution in [1.29, 1.82) is 0 Å². The molecule has 21 heteroatoms. The Balaban J connectivity index is 1.39. The summed E-state index contributed by atoms with van der Waals surface area (Å²) in [6.45, 7) is 0. The van der Waals surface area contributed by atoms with Crippen LogP contribution in [0, 0.1) is 29.6 Å². The van der Waals surface area contributed by atoms with Crippen molar-refractivity contribution in [3.63, 3.8) is 0 Å². The molecule has 0 bridgehead atoms. The first kappa shape index (κ1) is 41.4. The van der Waals surface area contributed by atoms with Crippen molar-refractivity contribution in [2.45, 2.75) is 43.5 Å². The molecular formula is C38H26F12N2O7. The van der Waals surface area contributed by atoms with Gasteiger partial charge in [0.1, 0.15) is 17.2 Å². The van der Waals surface area contributed by atoms with E-state index in [4.69, 9.17) is 9.47 Å². The molecule has 0 spiro atoms. The van der Waals surface area contributed by atoms with E-state index >= 15 is 0 Å². The number of benzene rings is 3. The summed E-state index contributed by atoms with van der Waals surface area (Å²) in [6.07, 6.45) is -21.2. The average Bonchev–Trinajstić information content (AvgIpc) is 3.55. The number of halogens is 12. The minimum Gasteiger partial charge on any atom is -0.507 e. The molecule has 3 aromatic rings. The Bertz CT molecular complexity index is 2270. The van der Waals surface area contributed by atoms with Crippen molar-refractivity contribution < 1.29 is 86.4 Å². The number of amides is 4. The number of aromatic hydroxyl groups is 1. The molecule has 59 heavy (non-hydrogen) atoms. The van der Waals surface area contributed by atoms with Crippen LogP contribution in [0.1, 0.15) is 46.6 Å². The summed E-state index contributed by atoms with van der Waals surface area (Å²) in [7, 11) is 2.33. The number of methoxy groups -OCH3 is 2. The topological polar surface area (TPSA) is 113 Å². The summed E-state index contributed by atoms with van der Waals surface area (Å²) in [5.74, 6) is -15.4. The van der Waals surface area contributed by atoms with Crippen molar-refractivity contribution in [3.8, 4) is 17.2 Å². The van der Waals surface area contributed by atoms with Gasteiger partial charge in [-0.05, 0) is 55.2 Å². The Morgan fingerprint density at radius 3 is 1.42 bits per heavy atom. The number of carbonyl (C=O) groups excluding carboxylic acids is 4. The lowest BCUT2D eigenvalue weighted by molar-refractivity contribution is -0.144. The fourth-order valence-corrected chi connectivity index (χ4v) is 8.74. The van der Waals surface area contributed by atoms with Crippen LogP contribution in [0.25, 0.3) is 0 Å². The second kappa shape index (κ2) is 13.7. The molecule has 2 aliphatic heterocycles. The monoisotopic (exact) mass is 850 g/mol. The second-order valence-corrected chi connectivity index (χ2v) is 14.3. The lowest BCUT2D eigenvalue weighted by Crippen LogP contribution is -2.43. The SMILES string of the molecule is COc1cc(O)c(C2C3=CCC4C(=O)N(c5cc(C(F)(F)F)cc(C(F)(F)F)c5)C(=O)C4C3CC3C(=O)N(c4cc(C(F)(F)F)cc(C(F)(F)F)c4)C(=O)C32)c(OC)c1. The largest absolute Gasteiger partial charge is 0.507 e. The molecule has 6 atom stereocenters. The first-order chi connectivity index (χ1) is 27.3. The van der Waals surface area contributed by atoms with Crippen LogP contribution in [-0.4, -0.2) is 43.0 Å². The first-order valence-electron chi connectivity index (χ1n) is 17.3. The third kappa shape index (κ3) is 6.80. The highest BCUT2D eigenvalue weighted by molar-refractivity contribution is 6.24. The number of fused-ring (bicyclic) bond motifs is 4. The number of hydrogen-bond acceptors (Lipinski definition) is 7. The number of nitrogens with zero attached hydrogens (tertiary/aromatic N) is 2. The van der Waals surface area contributed by atoms with E-state index in [2.05, 4.69) is 0 Å². The van der Waals surface area contributed by atoms with Crippen molar-refractivity contribution in [1.82, 2.24) is 0 Å². The van der Waals surface area contributed by atoms with Crippen molar-refractivity contribution in [2.24, 2.45) is 29.6 Å². The lowest BCUT2D eigenvalue weighted by Gasteiger charge is -2.44. The molecule has 2 heterocycles. The zero-order chi connectivity index (χ0) is 43.5. The standard InChI is InChI=1S/C38H26F12N2O7/c1-58-20-11-25(53)30(26(12-20)59-2)28-21-3-4-22-27(33(56)51(31(22)54)18-7-14(35(39,40)41)5-15(8-18)36(42,43)44)23(21)13-24-29(28)34(57)52(32(24)55)19-9-16(37(45,46)47)6-17(10-19)38(48,49)50/h3,5-12,22-24,27-29,53H,4,13H2,1-2H3. The van der Waals surface area contributed by atoms with Gasteiger partial charge < -0.3 is 14.6 Å². The van der Waals surface area contributed by atoms with Gasteiger partial charge in [0.2, 0.25) is 23.6 Å². The van der Waals surface area contributed by atoms with E-state index < -0.39 is 136 Å². The summed E-state index contributed by atoms with van der Waals surface area (Å²) in [5.41, 5.74) is -9.77. The van der Waals surface area contributed by atoms with Gasteiger partial charge in [0.15, 0.2) is 0 Å². The van der Waals surface area contributed by atoms with E-state index in [0.717, 1.165) is 13.2 Å². The molecule has 1 N–H and O–H groups in total. The van der Waals surface area contributed by atoms with Crippen molar-refractivity contribution >= 4 is 35.0 Å². The minimum absolute atomic E-state index is 0.00434. The Hall–Kier alpha value is -5.76. The van der Waals surface area contributed by atoms with E-state index in [-0.39, 0.29) is 68.8 Å². The van der Waals surface area contributed by atoms with E-state index in [1.165, 1.54) is 19.3 Å². The van der Waals surface area contributed by atoms with Gasteiger partial charge in [0.05, 0.1) is 71.5 Å². The van der Waals surface area contributed by atoms with Crippen LogP contribution >= 0.6 is 0 Å². The average molecular weight is 851 g/mol. The number of hydrogen-bond donors (Lipinski definition) is 1. The molecule has 1 saturated carbocycles. The van der Waals surface area contributed by atoms with E-state index in [1.54, 1.807) is 0 Å². The van der Waals surface area contributed by atoms with Gasteiger partial charge in [0.25, 0.3) is 0 Å². The van der Waals surface area contributed by atoms with Crippen LogP contribution in [0.4, 0.5) is 64.1 Å². The van der Waals surface area contributed by atoms with Crippen molar-refractivity contribution in [2.75, 3.05) is 24.0 Å². The number of carbonyl (C=O) groups is 4. The molecule has 4 amide bonds. The predicted molar refractivity (Wildman–Crippen MR) is 177 cm³/mol. The van der Waals surface area contributed by atoms with Crippen LogP contribution in [0.3, 0.4) is 0 Å². The van der Waals surface area contributed by atoms with E-state index in [1.807, 2.05) is 0 Å². The summed E-state index contributed by atoms with van der Waals surface area (Å²) in [6, 6.07) is 2.54. The third-order valence-electron chi connectivity index (χ3n) is 11.2. The van der Waals surface area contributed by atoms with Gasteiger partial charge in [-0.25, -0.2) is 9.80 Å². The summed E-state index contributed by atoms with van der Waals surface area (Å²) >= 11 is 0. The Morgan fingerprint density at radius 2 is 1.00 bits per heavy atom. The highest BCUT2D eigenvalue weighted by Gasteiger charge is 2.63. The fraction of sp³-hybridized carbons (Fsp3) is 0.368. The molecule has 9 nitrogen and oxygen atoms in total. The van der Waals surface area contributed by atoms with Crippen LogP contribution in [-0.2, 0) is 43.9 Å². The van der Waals surface area contributed by atoms with Gasteiger partial charge in [-0.15, -0.1) is 0 Å². The summed E-state index contributed by atoms with van der Waals surface area (Å²) in [4.78, 5) is 57.1. The number of imide groups is 2. The zero-order valence-corrected chi connectivity index (χ0v) is 29.9. The molecule has 314 valence electrons. The molecule has 3 fully saturated rings. The van der Waals surface area contributed by atoms with Gasteiger partial charge in [-0.1, -0.05) is 11.6 Å². The van der Waals surface area contributed by atoms with Crippen LogP contribution < -0.4 is 19.3 Å². The lowest BCUT2D eigenvalue weighted by atomic mass is 9.57. The predicted octanol–water partition coefficient (Wildman–Crippen LogP) is 8.53. The number of ether oxygens (including phenoxy) is 2. The normalized spacial score (nSPS) is 24.9. The number of allylic oxidation sites excluding steroid dienone is 2. The molecule has 2 aliphatic carbocycles. The van der Waals surface area contributed by atoms with Crippen LogP contribution in [0.2, 0.25) is 0 Å². The van der Waals surface area contributed by atoms with Gasteiger partial charge >= 0.3 is 24.7 Å². The minimum atomic E-state index is -5.39. The summed E-state index contributed by atoms with van der Waals surface area (Å²) in [5, 5.41) is 11.4. The van der Waals surface area contributed by atoms with E-state index in [0.29, 0.717) is 0 Å². The molecular weight excluding hydrogens is 824 g/mol. The Kier molecular flexibility index (Phi) is 9.58. The van der Waals surface area contributed by atoms with Crippen LogP contribution in [0.5, 0.6) is 17.2 Å². The zero-order valence-electron chi connectivity index (χ0n) is 29.9. The molecule has 0 aromatic heterocycles. The maximum Gasteiger partial charge on any atom is 0.416 e. The molecule has 7 rings (SSSR count). The number of phenols is 1. The van der Waals surface area contributed by atoms with Crippen molar-refractivity contribution in [3.05, 3.63) is 88.0 Å². The number of alkyl halides is 12. The molecule has 2 saturated heterocycles. The smallest absolute Gasteiger partial charge is 0.416 e. The number of phenolic OH excluding ortho intramolecular Hbond substituents is 1. The Morgan fingerprint density at radius 1 is 0.559 bits per heavy atom. The second-order valence-electron chi connectivity index (χ2n) is 14.3. The first-order valence-corrected chi connectivity index (χ1v) is 17.3.